The van der Waals surface area contributed by atoms with Crippen LogP contribution < -0.4 is 26.3 Å². The maximum absolute atomic E-state index is 11.0. The Bertz CT molecular complexity index is 1590. The number of hydrogen-bond donors (Lipinski definition) is 0. The lowest BCUT2D eigenvalue weighted by Gasteiger charge is -2.46. The van der Waals surface area contributed by atoms with Crippen LogP contribution in [0.1, 0.15) is 59.8 Å². The van der Waals surface area contributed by atoms with Gasteiger partial charge in [-0.15, -0.1) is 0 Å². The Kier molecular flexibility index (Phi) is 12.3. The van der Waals surface area contributed by atoms with E-state index in [1.54, 1.807) is 0 Å². The molecule has 0 amide bonds. The van der Waals surface area contributed by atoms with Crippen LogP contribution >= 0.6 is 6.89 Å². The van der Waals surface area contributed by atoms with E-state index in [4.69, 9.17) is 4.43 Å². The van der Waals surface area contributed by atoms with E-state index in [1.165, 1.54) is 26.3 Å². The van der Waals surface area contributed by atoms with Gasteiger partial charge in [-0.25, -0.2) is 0 Å². The van der Waals surface area contributed by atoms with Crippen molar-refractivity contribution in [3.8, 4) is 0 Å². The molecule has 48 heavy (non-hydrogen) atoms. The molecule has 0 aromatic heterocycles. The summed E-state index contributed by atoms with van der Waals surface area (Å²) < 4.78 is 7.22. The number of benzene rings is 5. The molecular weight excluding hydrogens is 620 g/mol. The van der Waals surface area contributed by atoms with E-state index in [9.17, 15) is 4.79 Å². The summed E-state index contributed by atoms with van der Waals surface area (Å²) in [4.78, 5) is 11.0. The first-order valence-corrected chi connectivity index (χ1v) is 21.2. The molecule has 248 valence electrons. The average Bonchev–Trinajstić information content (AvgIpc) is 3.13. The highest BCUT2D eigenvalue weighted by molar-refractivity contribution is 7.94. The van der Waals surface area contributed by atoms with Crippen molar-refractivity contribution in [3.05, 3.63) is 152 Å². The zero-order valence-corrected chi connectivity index (χ0v) is 30.9. The molecule has 0 N–H and O–H groups in total. The number of hydrogen-bond acceptors (Lipinski definition) is 2. The molecule has 0 aliphatic heterocycles. The molecule has 4 heteroatoms. The third kappa shape index (κ3) is 7.76. The summed E-state index contributed by atoms with van der Waals surface area (Å²) in [5, 5.41) is 6.90. The molecule has 1 aliphatic rings. The second-order valence-electron chi connectivity index (χ2n) is 13.8. The zero-order chi connectivity index (χ0) is 33.9. The van der Waals surface area contributed by atoms with Gasteiger partial charge in [0.25, 0.3) is 8.32 Å². The molecular formula is C44H51O2PSi. The maximum Gasteiger partial charge on any atom is 0.261 e. The van der Waals surface area contributed by atoms with Gasteiger partial charge in [0.05, 0.1) is 0 Å². The van der Waals surface area contributed by atoms with Crippen LogP contribution in [0.2, 0.25) is 5.04 Å². The molecule has 2 nitrogen and oxygen atoms in total. The lowest BCUT2D eigenvalue weighted by molar-refractivity contribution is -0.109. The van der Waals surface area contributed by atoms with Crippen molar-refractivity contribution in [1.29, 1.82) is 0 Å². The molecule has 0 saturated heterocycles. The van der Waals surface area contributed by atoms with Crippen molar-refractivity contribution in [2.45, 2.75) is 70.9 Å². The highest BCUT2D eigenvalue weighted by Gasteiger charge is 2.51. The van der Waals surface area contributed by atoms with Crippen LogP contribution in [0, 0.1) is 5.92 Å². The van der Waals surface area contributed by atoms with Gasteiger partial charge in [-0.3, -0.25) is 0 Å². The van der Waals surface area contributed by atoms with Crippen LogP contribution in [0.5, 0.6) is 0 Å². The van der Waals surface area contributed by atoms with Gasteiger partial charge in [-0.1, -0.05) is 185 Å². The number of carbonyl (C=O) groups is 1. The molecule has 0 bridgehead atoms. The monoisotopic (exact) mass is 670 g/mol. The zero-order valence-electron chi connectivity index (χ0n) is 29.0. The minimum atomic E-state index is -2.48. The molecule has 6 rings (SSSR count). The standard InChI is InChI=1S/C24H32O2Si.C20H19P/c1-24(2,3)27(22-13-6-4-7-14-22,23-15-8-5-9-16-23)26-21-12-10-11-20(19-21)17-18-25;1-2-21(18-12-6-3-7-13-18,19-14-8-4-9-15-19)20-16-10-5-11-17-20/h4-9,13-16,18,20-21H,10-12,17,19H2,1-3H3;2-17H,1H3. The van der Waals surface area contributed by atoms with E-state index >= 15 is 0 Å². The maximum atomic E-state index is 11.0. The highest BCUT2D eigenvalue weighted by atomic mass is 31.2. The lowest BCUT2D eigenvalue weighted by Crippen LogP contribution is -2.67. The normalized spacial score (nSPS) is 16.7. The van der Waals surface area contributed by atoms with E-state index in [0.717, 1.165) is 32.0 Å². The van der Waals surface area contributed by atoms with Gasteiger partial charge in [-0.05, 0) is 70.3 Å². The first kappa shape index (κ1) is 35.6. The Balaban J connectivity index is 0.000000194. The molecule has 0 spiro atoms. The van der Waals surface area contributed by atoms with Crippen molar-refractivity contribution in [3.63, 3.8) is 0 Å². The summed E-state index contributed by atoms with van der Waals surface area (Å²) in [6, 6.07) is 54.3. The molecule has 0 radical (unpaired) electrons. The van der Waals surface area contributed by atoms with Crippen LogP contribution in [0.3, 0.4) is 0 Å². The van der Waals surface area contributed by atoms with Crippen molar-refractivity contribution in [2.24, 2.45) is 5.92 Å². The second kappa shape index (κ2) is 16.6. The molecule has 5 aromatic rings. The number of aldehydes is 1. The Hall–Kier alpha value is -3.75. The van der Waals surface area contributed by atoms with E-state index < -0.39 is 15.2 Å². The fraction of sp³-hybridized carbons (Fsp3) is 0.273. The van der Waals surface area contributed by atoms with Crippen molar-refractivity contribution in [1.82, 2.24) is 0 Å². The summed E-state index contributed by atoms with van der Waals surface area (Å²) in [7, 11) is -2.48. The summed E-state index contributed by atoms with van der Waals surface area (Å²) in [6.45, 7) is 7.51. The summed E-state index contributed by atoms with van der Waals surface area (Å²) in [6.07, 6.45) is 6.38. The fourth-order valence-electron chi connectivity index (χ4n) is 7.52. The minimum Gasteiger partial charge on any atom is -0.404 e. The fourth-order valence-corrected chi connectivity index (χ4v) is 16.0. The lowest BCUT2D eigenvalue weighted by atomic mass is 9.86. The minimum absolute atomic E-state index is 0.00725. The molecule has 1 saturated carbocycles. The first-order valence-electron chi connectivity index (χ1n) is 17.4. The van der Waals surface area contributed by atoms with Crippen LogP contribution in [-0.2, 0) is 9.22 Å². The summed E-state index contributed by atoms with van der Waals surface area (Å²) >= 11 is 0. The smallest absolute Gasteiger partial charge is 0.261 e. The molecule has 1 aliphatic carbocycles. The Morgan fingerprint density at radius 3 is 1.40 bits per heavy atom. The SMILES string of the molecule is CC(C)(C)[Si](OC1CCCC(CC=O)C1)(c1ccccc1)c1ccccc1.CC=P(c1ccccc1)(c1ccccc1)c1ccccc1. The molecule has 2 atom stereocenters. The number of rotatable bonds is 9. The van der Waals surface area contributed by atoms with Crippen molar-refractivity contribution < 1.29 is 9.22 Å². The van der Waals surface area contributed by atoms with Gasteiger partial charge in [0.2, 0.25) is 0 Å². The van der Waals surface area contributed by atoms with E-state index in [0.29, 0.717) is 12.3 Å². The molecule has 1 fully saturated rings. The van der Waals surface area contributed by atoms with Gasteiger partial charge in [0.15, 0.2) is 0 Å². The quantitative estimate of drug-likeness (QED) is 0.0893. The van der Waals surface area contributed by atoms with Crippen molar-refractivity contribution >= 4 is 53.6 Å². The van der Waals surface area contributed by atoms with Gasteiger partial charge in [0, 0.05) is 12.5 Å². The van der Waals surface area contributed by atoms with Crippen LogP contribution in [0.25, 0.3) is 0 Å². The summed E-state index contributed by atoms with van der Waals surface area (Å²) in [5.74, 6) is 2.88. The third-order valence-corrected chi connectivity index (χ3v) is 19.0. The Labute approximate surface area is 290 Å². The average molecular weight is 671 g/mol. The largest absolute Gasteiger partial charge is 0.404 e. The van der Waals surface area contributed by atoms with E-state index in [2.05, 4.69) is 185 Å². The van der Waals surface area contributed by atoms with Crippen LogP contribution in [0.4, 0.5) is 0 Å². The van der Waals surface area contributed by atoms with E-state index in [-0.39, 0.29) is 11.1 Å². The third-order valence-electron chi connectivity index (χ3n) is 9.80. The molecule has 0 heterocycles. The highest BCUT2D eigenvalue weighted by Crippen LogP contribution is 2.43. The first-order chi connectivity index (χ1) is 23.3. The molecule has 5 aromatic carbocycles. The Morgan fingerprint density at radius 1 is 0.646 bits per heavy atom. The van der Waals surface area contributed by atoms with Gasteiger partial charge in [0.1, 0.15) is 6.29 Å². The van der Waals surface area contributed by atoms with E-state index in [1.807, 2.05) is 0 Å². The predicted octanol–water partition coefficient (Wildman–Crippen LogP) is 8.51. The van der Waals surface area contributed by atoms with Gasteiger partial charge in [-0.2, -0.15) is 0 Å². The predicted molar refractivity (Wildman–Crippen MR) is 212 cm³/mol. The number of carbonyl (C=O) groups excluding carboxylic acids is 1. The van der Waals surface area contributed by atoms with Crippen molar-refractivity contribution in [2.75, 3.05) is 0 Å². The Morgan fingerprint density at radius 2 is 1.04 bits per heavy atom. The topological polar surface area (TPSA) is 26.3 Å². The van der Waals surface area contributed by atoms with Gasteiger partial charge < -0.3 is 9.22 Å². The van der Waals surface area contributed by atoms with Gasteiger partial charge >= 0.3 is 0 Å². The van der Waals surface area contributed by atoms with Crippen LogP contribution in [0.15, 0.2) is 152 Å². The van der Waals surface area contributed by atoms with Crippen LogP contribution in [-0.4, -0.2) is 26.5 Å². The second-order valence-corrected chi connectivity index (χ2v) is 21.6. The molecule has 2 unspecified atom stereocenters. The summed E-state index contributed by atoms with van der Waals surface area (Å²) in [5.41, 5.74) is 0.